The van der Waals surface area contributed by atoms with Crippen LogP contribution in [-0.2, 0) is 20.9 Å². The monoisotopic (exact) mass is 612 g/mol. The number of amides is 3. The Labute approximate surface area is 263 Å². The van der Waals surface area contributed by atoms with Crippen LogP contribution in [-0.4, -0.2) is 63.5 Å². The number of hydrogen-bond donors (Lipinski definition) is 3. The van der Waals surface area contributed by atoms with E-state index in [-0.39, 0.29) is 29.6 Å². The van der Waals surface area contributed by atoms with Gasteiger partial charge in [-0.05, 0) is 62.1 Å². The first-order valence-corrected chi connectivity index (χ1v) is 16.4. The number of likely N-dealkylation sites (tertiary alicyclic amines) is 1. The Balaban J connectivity index is 1.33. The summed E-state index contributed by atoms with van der Waals surface area (Å²) < 4.78 is -0.760. The molecule has 0 saturated carbocycles. The standard InChI is InChI=1S/C35H40N4O4S/c1-3-38(4-2)26-17-15-25(16-18-26)37-33(42)31-35-20-19-28(44-35)29(32(41)36-21-23-11-7-5-8-12-23)30(35)34(43)39(31)27(22-40)24-13-9-6-10-14-24/h5-18,27-31,40H,3-4,19-22H2,1-2H3,(H,36,41)(H,37,42)/t27-,28-,29+,30+,31?,35?/m1/s1. The zero-order chi connectivity index (χ0) is 30.8. The van der Waals surface area contributed by atoms with E-state index >= 15 is 0 Å². The van der Waals surface area contributed by atoms with Crippen molar-refractivity contribution in [3.05, 3.63) is 96.1 Å². The normalized spacial score (nSPS) is 25.9. The molecule has 3 aliphatic heterocycles. The van der Waals surface area contributed by atoms with E-state index in [9.17, 15) is 19.5 Å². The molecule has 6 rings (SSSR count). The Morgan fingerprint density at radius 2 is 1.64 bits per heavy atom. The summed E-state index contributed by atoms with van der Waals surface area (Å²) in [6, 6.07) is 25.3. The molecule has 2 unspecified atom stereocenters. The van der Waals surface area contributed by atoms with E-state index in [0.29, 0.717) is 18.7 Å². The number of nitrogens with one attached hydrogen (secondary N) is 2. The second-order valence-corrected chi connectivity index (χ2v) is 13.4. The van der Waals surface area contributed by atoms with Gasteiger partial charge in [0.25, 0.3) is 0 Å². The molecule has 3 amide bonds. The van der Waals surface area contributed by atoms with Crippen LogP contribution in [0.15, 0.2) is 84.9 Å². The molecule has 230 valence electrons. The molecule has 8 nitrogen and oxygen atoms in total. The summed E-state index contributed by atoms with van der Waals surface area (Å²) in [5, 5.41) is 16.8. The van der Waals surface area contributed by atoms with Crippen molar-refractivity contribution in [2.24, 2.45) is 11.8 Å². The molecule has 3 aromatic carbocycles. The van der Waals surface area contributed by atoms with Crippen LogP contribution in [0.5, 0.6) is 0 Å². The molecule has 6 atom stereocenters. The highest BCUT2D eigenvalue weighted by Crippen LogP contribution is 2.67. The molecular formula is C35H40N4O4S. The lowest BCUT2D eigenvalue weighted by atomic mass is 9.70. The number of anilines is 2. The second-order valence-electron chi connectivity index (χ2n) is 11.8. The van der Waals surface area contributed by atoms with Crippen LogP contribution < -0.4 is 15.5 Å². The van der Waals surface area contributed by atoms with Gasteiger partial charge in [0.15, 0.2) is 0 Å². The summed E-state index contributed by atoms with van der Waals surface area (Å²) in [7, 11) is 0. The minimum absolute atomic E-state index is 0.0465. The van der Waals surface area contributed by atoms with E-state index in [2.05, 4.69) is 29.4 Å². The van der Waals surface area contributed by atoms with Crippen LogP contribution in [0.1, 0.15) is 43.9 Å². The largest absolute Gasteiger partial charge is 0.394 e. The number of hydrogen-bond acceptors (Lipinski definition) is 6. The van der Waals surface area contributed by atoms with Gasteiger partial charge in [0.05, 0.1) is 29.2 Å². The zero-order valence-corrected chi connectivity index (χ0v) is 26.0. The van der Waals surface area contributed by atoms with Crippen LogP contribution >= 0.6 is 11.8 Å². The number of benzene rings is 3. The quantitative estimate of drug-likeness (QED) is 0.292. The number of thioether (sulfide) groups is 1. The van der Waals surface area contributed by atoms with Gasteiger partial charge in [-0.25, -0.2) is 0 Å². The Bertz CT molecular complexity index is 1480. The van der Waals surface area contributed by atoms with E-state index in [1.54, 1.807) is 16.7 Å². The smallest absolute Gasteiger partial charge is 0.248 e. The highest BCUT2D eigenvalue weighted by Gasteiger charge is 2.74. The first-order chi connectivity index (χ1) is 21.4. The van der Waals surface area contributed by atoms with Crippen molar-refractivity contribution in [3.8, 4) is 0 Å². The summed E-state index contributed by atoms with van der Waals surface area (Å²) in [5.41, 5.74) is 3.46. The third-order valence-corrected chi connectivity index (χ3v) is 11.5. The molecule has 3 saturated heterocycles. The van der Waals surface area contributed by atoms with Gasteiger partial charge in [0.1, 0.15) is 6.04 Å². The topological polar surface area (TPSA) is 102 Å². The summed E-state index contributed by atoms with van der Waals surface area (Å²) in [6.45, 7) is 6.02. The first-order valence-electron chi connectivity index (χ1n) is 15.5. The first kappa shape index (κ1) is 30.2. The molecule has 1 spiro atoms. The minimum Gasteiger partial charge on any atom is -0.394 e. The number of aliphatic hydroxyl groups is 1. The highest BCUT2D eigenvalue weighted by atomic mass is 32.2. The fourth-order valence-electron chi connectivity index (χ4n) is 7.51. The van der Waals surface area contributed by atoms with Gasteiger partial charge in [0, 0.05) is 36.3 Å². The van der Waals surface area contributed by atoms with Gasteiger partial charge in [-0.3, -0.25) is 14.4 Å². The van der Waals surface area contributed by atoms with Crippen LogP contribution in [0.3, 0.4) is 0 Å². The molecule has 9 heteroatoms. The van der Waals surface area contributed by atoms with Crippen molar-refractivity contribution in [1.82, 2.24) is 10.2 Å². The predicted molar refractivity (Wildman–Crippen MR) is 174 cm³/mol. The van der Waals surface area contributed by atoms with Crippen molar-refractivity contribution in [2.75, 3.05) is 29.9 Å². The molecule has 3 aliphatic rings. The molecule has 44 heavy (non-hydrogen) atoms. The van der Waals surface area contributed by atoms with E-state index in [0.717, 1.165) is 36.3 Å². The van der Waals surface area contributed by atoms with Gasteiger partial charge >= 0.3 is 0 Å². The minimum atomic E-state index is -0.846. The Morgan fingerprint density at radius 3 is 2.27 bits per heavy atom. The average molecular weight is 613 g/mol. The Kier molecular flexibility index (Phi) is 8.69. The van der Waals surface area contributed by atoms with Gasteiger partial charge < -0.3 is 25.5 Å². The SMILES string of the molecule is CCN(CC)c1ccc(NC(=O)C2N([C@H](CO)c3ccccc3)C(=O)[C@@H]3[C@@H](C(=O)NCc4ccccc4)[C@H]4CCC23S4)cc1. The molecular weight excluding hydrogens is 572 g/mol. The maximum Gasteiger partial charge on any atom is 0.248 e. The average Bonchev–Trinajstić information content (AvgIpc) is 3.70. The zero-order valence-electron chi connectivity index (χ0n) is 25.2. The number of carbonyl (C=O) groups excluding carboxylic acids is 3. The third-order valence-electron chi connectivity index (χ3n) is 9.56. The number of aliphatic hydroxyl groups excluding tert-OH is 1. The van der Waals surface area contributed by atoms with E-state index < -0.39 is 28.7 Å². The molecule has 3 aromatic rings. The van der Waals surface area contributed by atoms with E-state index in [4.69, 9.17) is 0 Å². The lowest BCUT2D eigenvalue weighted by Gasteiger charge is -2.37. The molecule has 0 aromatic heterocycles. The van der Waals surface area contributed by atoms with Crippen LogP contribution in [0.25, 0.3) is 0 Å². The highest BCUT2D eigenvalue weighted by molar-refractivity contribution is 8.02. The van der Waals surface area contributed by atoms with E-state index in [1.807, 2.05) is 84.9 Å². The maximum absolute atomic E-state index is 14.5. The van der Waals surface area contributed by atoms with Crippen LogP contribution in [0.4, 0.5) is 11.4 Å². The molecule has 3 heterocycles. The molecule has 3 fully saturated rings. The maximum atomic E-state index is 14.5. The molecule has 0 aliphatic carbocycles. The Morgan fingerprint density at radius 1 is 0.977 bits per heavy atom. The lowest BCUT2D eigenvalue weighted by Crippen LogP contribution is -2.52. The summed E-state index contributed by atoms with van der Waals surface area (Å²) in [6.07, 6.45) is 1.41. The third kappa shape index (κ3) is 5.26. The van der Waals surface area contributed by atoms with Crippen molar-refractivity contribution in [3.63, 3.8) is 0 Å². The van der Waals surface area contributed by atoms with Crippen LogP contribution in [0.2, 0.25) is 0 Å². The van der Waals surface area contributed by atoms with Gasteiger partial charge in [0.2, 0.25) is 17.7 Å². The van der Waals surface area contributed by atoms with Crippen molar-refractivity contribution < 1.29 is 19.5 Å². The molecule has 0 radical (unpaired) electrons. The molecule has 2 bridgehead atoms. The Hall–Kier alpha value is -3.82. The van der Waals surface area contributed by atoms with Gasteiger partial charge in [-0.15, -0.1) is 11.8 Å². The van der Waals surface area contributed by atoms with Crippen LogP contribution in [0, 0.1) is 11.8 Å². The summed E-state index contributed by atoms with van der Waals surface area (Å²) >= 11 is 1.63. The number of nitrogens with zero attached hydrogens (tertiary/aromatic N) is 2. The number of fused-ring (bicyclic) bond motifs is 1. The van der Waals surface area contributed by atoms with Crippen molar-refractivity contribution in [2.45, 2.75) is 55.3 Å². The fraction of sp³-hybridized carbons (Fsp3) is 0.400. The number of rotatable bonds is 11. The fourth-order valence-corrected chi connectivity index (χ4v) is 9.72. The lowest BCUT2D eigenvalue weighted by molar-refractivity contribution is -0.142. The predicted octanol–water partition coefficient (Wildman–Crippen LogP) is 4.61. The second kappa shape index (κ2) is 12.7. The summed E-state index contributed by atoms with van der Waals surface area (Å²) in [5.74, 6) is -1.88. The van der Waals surface area contributed by atoms with Crippen molar-refractivity contribution >= 4 is 40.9 Å². The van der Waals surface area contributed by atoms with Gasteiger partial charge in [-0.2, -0.15) is 0 Å². The number of carbonyl (C=O) groups is 3. The van der Waals surface area contributed by atoms with Gasteiger partial charge in [-0.1, -0.05) is 60.7 Å². The van der Waals surface area contributed by atoms with E-state index in [1.165, 1.54) is 0 Å². The molecule has 3 N–H and O–H groups in total. The summed E-state index contributed by atoms with van der Waals surface area (Å²) in [4.78, 5) is 46.5. The van der Waals surface area contributed by atoms with Crippen molar-refractivity contribution in [1.29, 1.82) is 0 Å².